The van der Waals surface area contributed by atoms with Gasteiger partial charge in [-0.2, -0.15) is 0 Å². The number of nitrogens with one attached hydrogen (secondary N) is 1. The van der Waals surface area contributed by atoms with E-state index in [1.54, 1.807) is 0 Å². The van der Waals surface area contributed by atoms with Crippen molar-refractivity contribution in [1.29, 1.82) is 0 Å². The predicted octanol–water partition coefficient (Wildman–Crippen LogP) is 2.60. The highest BCUT2D eigenvalue weighted by atomic mass is 35.5. The zero-order valence-electron chi connectivity index (χ0n) is 15.7. The second-order valence-electron chi connectivity index (χ2n) is 6.70. The van der Waals surface area contributed by atoms with Crippen LogP contribution in [0.4, 0.5) is 0 Å². The number of nitrogens with two attached hydrogens (primary N) is 1. The molecule has 146 valence electrons. The zero-order chi connectivity index (χ0) is 16.6. The van der Waals surface area contributed by atoms with E-state index in [1.165, 1.54) is 0 Å². The quantitative estimate of drug-likeness (QED) is 0.639. The average molecular weight is 386 g/mol. The SMILES string of the molecule is CCC(CC)(CN)C(=O)NC1CCN(CCOC(C)C)CC1.Cl.Cl. The van der Waals surface area contributed by atoms with Gasteiger partial charge in [0.05, 0.1) is 18.1 Å². The van der Waals surface area contributed by atoms with Crippen molar-refractivity contribution in [1.82, 2.24) is 10.2 Å². The van der Waals surface area contributed by atoms with E-state index in [0.717, 1.165) is 51.9 Å². The minimum atomic E-state index is -0.387. The minimum absolute atomic E-state index is 0. The third-order valence-electron chi connectivity index (χ3n) is 5.01. The molecule has 0 spiro atoms. The Bertz CT molecular complexity index is 324. The summed E-state index contributed by atoms with van der Waals surface area (Å²) in [6.45, 7) is 12.5. The second kappa shape index (κ2) is 13.2. The number of hydrogen-bond acceptors (Lipinski definition) is 4. The van der Waals surface area contributed by atoms with Crippen molar-refractivity contribution in [2.24, 2.45) is 11.1 Å². The molecule has 0 aromatic heterocycles. The number of amides is 1. The topological polar surface area (TPSA) is 67.6 Å². The molecule has 1 rings (SSSR count). The van der Waals surface area contributed by atoms with E-state index in [-0.39, 0.29) is 36.1 Å². The highest BCUT2D eigenvalue weighted by molar-refractivity contribution is 5.85. The third kappa shape index (κ3) is 7.87. The van der Waals surface area contributed by atoms with Gasteiger partial charge in [-0.15, -0.1) is 24.8 Å². The Morgan fingerprint density at radius 1 is 1.25 bits per heavy atom. The molecule has 0 saturated carbocycles. The summed E-state index contributed by atoms with van der Waals surface area (Å²) in [6, 6.07) is 0.291. The average Bonchev–Trinajstić information content (AvgIpc) is 2.51. The summed E-state index contributed by atoms with van der Waals surface area (Å²) in [5, 5.41) is 3.23. The second-order valence-corrected chi connectivity index (χ2v) is 6.70. The van der Waals surface area contributed by atoms with Crippen molar-refractivity contribution in [3.05, 3.63) is 0 Å². The molecule has 0 atom stereocenters. The first-order valence-corrected chi connectivity index (χ1v) is 8.82. The highest BCUT2D eigenvalue weighted by Gasteiger charge is 2.34. The first-order valence-electron chi connectivity index (χ1n) is 8.82. The van der Waals surface area contributed by atoms with Gasteiger partial charge in [0, 0.05) is 32.2 Å². The van der Waals surface area contributed by atoms with Crippen LogP contribution in [0.5, 0.6) is 0 Å². The molecule has 0 aromatic carbocycles. The van der Waals surface area contributed by atoms with Gasteiger partial charge >= 0.3 is 0 Å². The first kappa shape index (κ1) is 26.2. The molecular weight excluding hydrogens is 349 g/mol. The van der Waals surface area contributed by atoms with Crippen molar-refractivity contribution in [3.63, 3.8) is 0 Å². The van der Waals surface area contributed by atoms with Gasteiger partial charge in [-0.25, -0.2) is 0 Å². The van der Waals surface area contributed by atoms with Crippen LogP contribution in [0.1, 0.15) is 53.4 Å². The number of likely N-dealkylation sites (tertiary alicyclic amines) is 1. The fourth-order valence-electron chi connectivity index (χ4n) is 3.01. The number of carbonyl (C=O) groups excluding carboxylic acids is 1. The van der Waals surface area contributed by atoms with Crippen molar-refractivity contribution in [2.75, 3.05) is 32.8 Å². The van der Waals surface area contributed by atoms with E-state index in [2.05, 4.69) is 24.1 Å². The van der Waals surface area contributed by atoms with Crippen LogP contribution in [0.15, 0.2) is 0 Å². The van der Waals surface area contributed by atoms with Gasteiger partial charge in [0.1, 0.15) is 0 Å². The van der Waals surface area contributed by atoms with Gasteiger partial charge in [0.15, 0.2) is 0 Å². The van der Waals surface area contributed by atoms with E-state index in [4.69, 9.17) is 10.5 Å². The molecule has 7 heteroatoms. The normalized spacial score (nSPS) is 16.4. The molecule has 1 saturated heterocycles. The minimum Gasteiger partial charge on any atom is -0.377 e. The zero-order valence-corrected chi connectivity index (χ0v) is 17.3. The van der Waals surface area contributed by atoms with E-state index >= 15 is 0 Å². The van der Waals surface area contributed by atoms with Crippen LogP contribution < -0.4 is 11.1 Å². The van der Waals surface area contributed by atoms with Gasteiger partial charge in [-0.05, 0) is 39.5 Å². The molecule has 0 bridgehead atoms. The van der Waals surface area contributed by atoms with Crippen molar-refractivity contribution < 1.29 is 9.53 Å². The molecule has 1 aliphatic rings. The lowest BCUT2D eigenvalue weighted by Crippen LogP contribution is -2.52. The number of rotatable bonds is 9. The number of halogens is 2. The lowest BCUT2D eigenvalue weighted by atomic mass is 9.81. The summed E-state index contributed by atoms with van der Waals surface area (Å²) >= 11 is 0. The largest absolute Gasteiger partial charge is 0.377 e. The molecule has 1 amide bonds. The van der Waals surface area contributed by atoms with Crippen LogP contribution in [0.25, 0.3) is 0 Å². The first-order chi connectivity index (χ1) is 10.5. The van der Waals surface area contributed by atoms with Gasteiger partial charge in [0.25, 0.3) is 0 Å². The third-order valence-corrected chi connectivity index (χ3v) is 5.01. The molecule has 1 aliphatic heterocycles. The Labute approximate surface area is 160 Å². The van der Waals surface area contributed by atoms with Gasteiger partial charge in [-0.1, -0.05) is 13.8 Å². The Hall–Kier alpha value is -0.0700. The molecule has 1 fully saturated rings. The van der Waals surface area contributed by atoms with E-state index in [0.29, 0.717) is 18.7 Å². The molecule has 0 unspecified atom stereocenters. The summed E-state index contributed by atoms with van der Waals surface area (Å²) < 4.78 is 5.60. The number of hydrogen-bond donors (Lipinski definition) is 2. The van der Waals surface area contributed by atoms with Crippen molar-refractivity contribution in [3.8, 4) is 0 Å². The molecular formula is C17H37Cl2N3O2. The smallest absolute Gasteiger partial charge is 0.227 e. The maximum atomic E-state index is 12.5. The summed E-state index contributed by atoms with van der Waals surface area (Å²) in [5.41, 5.74) is 5.47. The molecule has 5 nitrogen and oxygen atoms in total. The van der Waals surface area contributed by atoms with Crippen molar-refractivity contribution >= 4 is 30.7 Å². The fourth-order valence-corrected chi connectivity index (χ4v) is 3.01. The van der Waals surface area contributed by atoms with Gasteiger partial charge < -0.3 is 20.7 Å². The number of nitrogens with zero attached hydrogens (tertiary/aromatic N) is 1. The standard InChI is InChI=1S/C17H35N3O2.2ClH/c1-5-17(6-2,13-18)16(21)19-15-7-9-20(10-8-15)11-12-22-14(3)4;;/h14-15H,5-13,18H2,1-4H3,(H,19,21);2*1H. The molecule has 0 aliphatic carbocycles. The Kier molecular flexibility index (Phi) is 14.4. The Morgan fingerprint density at radius 2 is 1.79 bits per heavy atom. The maximum Gasteiger partial charge on any atom is 0.227 e. The van der Waals surface area contributed by atoms with Gasteiger partial charge in [-0.3, -0.25) is 4.79 Å². The lowest BCUT2D eigenvalue weighted by Gasteiger charge is -2.35. The summed E-state index contributed by atoms with van der Waals surface area (Å²) in [6.07, 6.45) is 3.93. The van der Waals surface area contributed by atoms with Crippen LogP contribution >= 0.6 is 24.8 Å². The monoisotopic (exact) mass is 385 g/mol. The Balaban J connectivity index is 0. The predicted molar refractivity (Wildman–Crippen MR) is 105 cm³/mol. The summed E-state index contributed by atoms with van der Waals surface area (Å²) in [4.78, 5) is 14.9. The molecule has 24 heavy (non-hydrogen) atoms. The van der Waals surface area contributed by atoms with Crippen LogP contribution in [0, 0.1) is 5.41 Å². The summed E-state index contributed by atoms with van der Waals surface area (Å²) in [5.74, 6) is 0.140. The lowest BCUT2D eigenvalue weighted by molar-refractivity contribution is -0.132. The van der Waals surface area contributed by atoms with Gasteiger partial charge in [0.2, 0.25) is 5.91 Å². The van der Waals surface area contributed by atoms with Crippen LogP contribution in [-0.2, 0) is 9.53 Å². The molecule has 0 radical (unpaired) electrons. The number of piperidine rings is 1. The molecule has 3 N–H and O–H groups in total. The number of carbonyl (C=O) groups is 1. The van der Waals surface area contributed by atoms with Crippen molar-refractivity contribution in [2.45, 2.75) is 65.5 Å². The fraction of sp³-hybridized carbons (Fsp3) is 0.941. The van der Waals surface area contributed by atoms with Crippen LogP contribution in [0.2, 0.25) is 0 Å². The van der Waals surface area contributed by atoms with E-state index < -0.39 is 0 Å². The molecule has 1 heterocycles. The maximum absolute atomic E-state index is 12.5. The number of ether oxygens (including phenoxy) is 1. The van der Waals surface area contributed by atoms with E-state index in [1.807, 2.05) is 13.8 Å². The highest BCUT2D eigenvalue weighted by Crippen LogP contribution is 2.25. The van der Waals surface area contributed by atoms with Crippen LogP contribution in [-0.4, -0.2) is 55.7 Å². The summed E-state index contributed by atoms with van der Waals surface area (Å²) in [7, 11) is 0. The van der Waals surface area contributed by atoms with Crippen LogP contribution in [0.3, 0.4) is 0 Å². The molecule has 0 aromatic rings. The Morgan fingerprint density at radius 3 is 2.21 bits per heavy atom. The van der Waals surface area contributed by atoms with E-state index in [9.17, 15) is 4.79 Å².